The Hall–Kier alpha value is -1.46. The molecule has 1 aromatic rings. The van der Waals surface area contributed by atoms with E-state index in [0.29, 0.717) is 35.3 Å². The lowest BCUT2D eigenvalue weighted by Gasteiger charge is -2.27. The van der Waals surface area contributed by atoms with E-state index in [4.69, 9.17) is 25.8 Å². The highest BCUT2D eigenvalue weighted by Crippen LogP contribution is 2.39. The maximum Gasteiger partial charge on any atom is 0.251 e. The lowest BCUT2D eigenvalue weighted by Crippen LogP contribution is -2.46. The molecule has 1 fully saturated rings. The van der Waals surface area contributed by atoms with Crippen molar-refractivity contribution < 1.29 is 19.0 Å². The molecule has 6 heteroatoms. The van der Waals surface area contributed by atoms with Crippen molar-refractivity contribution in [2.75, 3.05) is 13.2 Å². The summed E-state index contributed by atoms with van der Waals surface area (Å²) >= 11 is 6.27. The number of amides is 1. The van der Waals surface area contributed by atoms with Gasteiger partial charge in [0.25, 0.3) is 5.91 Å². The van der Waals surface area contributed by atoms with E-state index in [1.807, 2.05) is 27.7 Å². The molecule has 0 bridgehead atoms. The predicted molar refractivity (Wildman–Crippen MR) is 92.2 cm³/mol. The van der Waals surface area contributed by atoms with E-state index in [9.17, 15) is 4.79 Å². The maximum absolute atomic E-state index is 12.7. The molecular weight excluding hydrogens is 330 g/mol. The summed E-state index contributed by atoms with van der Waals surface area (Å²) in [6.07, 6.45) is 1.54. The van der Waals surface area contributed by atoms with Crippen molar-refractivity contribution in [2.45, 2.75) is 57.8 Å². The molecule has 1 saturated heterocycles. The number of nitrogens with one attached hydrogen (secondary N) is 1. The summed E-state index contributed by atoms with van der Waals surface area (Å²) in [5.41, 5.74) is -0.220. The molecule has 0 aromatic heterocycles. The Morgan fingerprint density at radius 2 is 1.92 bits per heavy atom. The van der Waals surface area contributed by atoms with Gasteiger partial charge in [0, 0.05) is 12.0 Å². The molecule has 1 amide bonds. The summed E-state index contributed by atoms with van der Waals surface area (Å²) in [7, 11) is 0. The standard InChI is InChI=1S/C18H24ClNO4/c1-17(2)10-14(18(3,4)24-17)20-16(21)11-8-12(19)15-13(9-11)22-6-5-7-23-15/h8-9,14H,5-7,10H2,1-4H3,(H,20,21)/t14-/m0/s1. The van der Waals surface area contributed by atoms with Crippen LogP contribution < -0.4 is 14.8 Å². The first-order chi connectivity index (χ1) is 11.2. The van der Waals surface area contributed by atoms with E-state index >= 15 is 0 Å². The lowest BCUT2D eigenvalue weighted by atomic mass is 9.94. The predicted octanol–water partition coefficient (Wildman–Crippen LogP) is 3.58. The van der Waals surface area contributed by atoms with Gasteiger partial charge in [0.05, 0.1) is 35.5 Å². The van der Waals surface area contributed by atoms with Gasteiger partial charge in [-0.2, -0.15) is 0 Å². The van der Waals surface area contributed by atoms with Crippen molar-refractivity contribution in [2.24, 2.45) is 0 Å². The zero-order chi connectivity index (χ0) is 17.5. The van der Waals surface area contributed by atoms with Gasteiger partial charge in [-0.05, 0) is 46.2 Å². The van der Waals surface area contributed by atoms with Gasteiger partial charge in [-0.1, -0.05) is 11.6 Å². The molecule has 3 rings (SSSR count). The van der Waals surface area contributed by atoms with E-state index in [-0.39, 0.29) is 17.6 Å². The molecule has 0 radical (unpaired) electrons. The van der Waals surface area contributed by atoms with E-state index < -0.39 is 5.60 Å². The van der Waals surface area contributed by atoms with Crippen molar-refractivity contribution in [3.63, 3.8) is 0 Å². The summed E-state index contributed by atoms with van der Waals surface area (Å²) in [5, 5.41) is 3.46. The molecule has 1 atom stereocenters. The number of hydrogen-bond acceptors (Lipinski definition) is 4. The van der Waals surface area contributed by atoms with Crippen LogP contribution in [0.15, 0.2) is 12.1 Å². The second kappa shape index (κ2) is 6.12. The van der Waals surface area contributed by atoms with Crippen LogP contribution in [0.3, 0.4) is 0 Å². The molecular formula is C18H24ClNO4. The molecule has 132 valence electrons. The van der Waals surface area contributed by atoms with Gasteiger partial charge in [0.1, 0.15) is 0 Å². The highest BCUT2D eigenvalue weighted by atomic mass is 35.5. The first-order valence-electron chi connectivity index (χ1n) is 8.28. The molecule has 2 heterocycles. The molecule has 0 saturated carbocycles. The molecule has 24 heavy (non-hydrogen) atoms. The van der Waals surface area contributed by atoms with Crippen molar-refractivity contribution in [3.05, 3.63) is 22.7 Å². The van der Waals surface area contributed by atoms with Crippen molar-refractivity contribution >= 4 is 17.5 Å². The van der Waals surface area contributed by atoms with E-state index in [1.54, 1.807) is 12.1 Å². The summed E-state index contributed by atoms with van der Waals surface area (Å²) < 4.78 is 17.3. The SMILES string of the molecule is CC1(C)C[C@H](NC(=O)c2cc(Cl)c3c(c2)OCCCO3)C(C)(C)O1. The number of fused-ring (bicyclic) bond motifs is 1. The van der Waals surface area contributed by atoms with Gasteiger partial charge in [0.2, 0.25) is 0 Å². The third kappa shape index (κ3) is 3.47. The van der Waals surface area contributed by atoms with Crippen LogP contribution in [0.25, 0.3) is 0 Å². The number of ether oxygens (including phenoxy) is 3. The molecule has 0 aliphatic carbocycles. The molecule has 2 aliphatic rings. The highest BCUT2D eigenvalue weighted by Gasteiger charge is 2.46. The molecule has 0 unspecified atom stereocenters. The van der Waals surface area contributed by atoms with Gasteiger partial charge in [-0.15, -0.1) is 0 Å². The first kappa shape index (κ1) is 17.4. The normalized spacial score (nSPS) is 24.3. The van der Waals surface area contributed by atoms with Crippen LogP contribution in [0.2, 0.25) is 5.02 Å². The van der Waals surface area contributed by atoms with Gasteiger partial charge < -0.3 is 19.5 Å². The Balaban J connectivity index is 1.81. The number of benzene rings is 1. The summed E-state index contributed by atoms with van der Waals surface area (Å²) in [5.74, 6) is 0.843. The summed E-state index contributed by atoms with van der Waals surface area (Å²) in [4.78, 5) is 12.7. The minimum Gasteiger partial charge on any atom is -0.489 e. The number of halogens is 1. The smallest absolute Gasteiger partial charge is 0.251 e. The van der Waals surface area contributed by atoms with Gasteiger partial charge in [-0.25, -0.2) is 0 Å². The Morgan fingerprint density at radius 1 is 1.21 bits per heavy atom. The maximum atomic E-state index is 12.7. The van der Waals surface area contributed by atoms with Gasteiger partial charge in [0.15, 0.2) is 11.5 Å². The Kier molecular flexibility index (Phi) is 4.43. The molecule has 5 nitrogen and oxygen atoms in total. The van der Waals surface area contributed by atoms with Gasteiger partial charge in [-0.3, -0.25) is 4.79 Å². The molecule has 0 spiro atoms. The second-order valence-corrected chi connectivity index (χ2v) is 7.94. The minimum absolute atomic E-state index is 0.0743. The highest BCUT2D eigenvalue weighted by molar-refractivity contribution is 6.32. The topological polar surface area (TPSA) is 56.8 Å². The lowest BCUT2D eigenvalue weighted by molar-refractivity contribution is -0.0693. The Labute approximate surface area is 147 Å². The fraction of sp³-hybridized carbons (Fsp3) is 0.611. The van der Waals surface area contributed by atoms with Crippen LogP contribution in [0.4, 0.5) is 0 Å². The first-order valence-corrected chi connectivity index (χ1v) is 8.66. The number of carbonyl (C=O) groups excluding carboxylic acids is 1. The van der Waals surface area contributed by atoms with Crippen molar-refractivity contribution in [1.82, 2.24) is 5.32 Å². The van der Waals surface area contributed by atoms with Crippen molar-refractivity contribution in [3.8, 4) is 11.5 Å². The van der Waals surface area contributed by atoms with Crippen LogP contribution in [-0.2, 0) is 4.74 Å². The van der Waals surface area contributed by atoms with Gasteiger partial charge >= 0.3 is 0 Å². The van der Waals surface area contributed by atoms with E-state index in [1.165, 1.54) is 0 Å². The van der Waals surface area contributed by atoms with Crippen LogP contribution in [0.5, 0.6) is 11.5 Å². The quantitative estimate of drug-likeness (QED) is 0.883. The Bertz CT molecular complexity index is 657. The fourth-order valence-corrected chi connectivity index (χ4v) is 3.66. The van der Waals surface area contributed by atoms with Crippen LogP contribution in [0, 0.1) is 0 Å². The third-order valence-corrected chi connectivity index (χ3v) is 4.72. The van der Waals surface area contributed by atoms with E-state index in [0.717, 1.165) is 12.8 Å². The largest absolute Gasteiger partial charge is 0.489 e. The van der Waals surface area contributed by atoms with E-state index in [2.05, 4.69) is 5.32 Å². The molecule has 1 N–H and O–H groups in total. The fourth-order valence-electron chi connectivity index (χ4n) is 3.39. The summed E-state index contributed by atoms with van der Waals surface area (Å²) in [6.45, 7) is 9.16. The minimum atomic E-state index is -0.422. The number of hydrogen-bond donors (Lipinski definition) is 1. The summed E-state index contributed by atoms with van der Waals surface area (Å²) in [6, 6.07) is 3.24. The zero-order valence-electron chi connectivity index (χ0n) is 14.6. The van der Waals surface area contributed by atoms with Crippen LogP contribution in [-0.4, -0.2) is 36.4 Å². The molecule has 1 aromatic carbocycles. The monoisotopic (exact) mass is 353 g/mol. The Morgan fingerprint density at radius 3 is 2.58 bits per heavy atom. The second-order valence-electron chi connectivity index (χ2n) is 7.53. The molecule has 2 aliphatic heterocycles. The van der Waals surface area contributed by atoms with Crippen molar-refractivity contribution in [1.29, 1.82) is 0 Å². The van der Waals surface area contributed by atoms with Crippen LogP contribution in [0.1, 0.15) is 50.9 Å². The van der Waals surface area contributed by atoms with Crippen LogP contribution >= 0.6 is 11.6 Å². The number of carbonyl (C=O) groups is 1. The number of rotatable bonds is 2. The average molecular weight is 354 g/mol. The zero-order valence-corrected chi connectivity index (χ0v) is 15.3. The average Bonchev–Trinajstić information content (AvgIpc) is 2.64. The third-order valence-electron chi connectivity index (χ3n) is 4.44.